The molecule has 1 atom stereocenters. The molecule has 0 spiro atoms. The summed E-state index contributed by atoms with van der Waals surface area (Å²) in [5.74, 6) is 0.955. The van der Waals surface area contributed by atoms with Gasteiger partial charge in [0.15, 0.2) is 0 Å². The average Bonchev–Trinajstić information content (AvgIpc) is 2.98. The Morgan fingerprint density at radius 1 is 1.56 bits per heavy atom. The van der Waals surface area contributed by atoms with Gasteiger partial charge in [-0.1, -0.05) is 6.92 Å². The first-order valence-electron chi connectivity index (χ1n) is 5.42. The highest BCUT2D eigenvalue weighted by atomic mass is 32.1. The summed E-state index contributed by atoms with van der Waals surface area (Å²) in [6, 6.07) is 3.88. The third kappa shape index (κ3) is 2.33. The van der Waals surface area contributed by atoms with E-state index in [9.17, 15) is 0 Å². The summed E-state index contributed by atoms with van der Waals surface area (Å²) in [5, 5.41) is 6.64. The molecule has 86 valence electrons. The van der Waals surface area contributed by atoms with Crippen LogP contribution >= 0.6 is 11.3 Å². The number of nitrogens with one attached hydrogen (secondary N) is 1. The summed E-state index contributed by atoms with van der Waals surface area (Å²) >= 11 is 1.69. The molecule has 1 N–H and O–H groups in total. The van der Waals surface area contributed by atoms with E-state index < -0.39 is 0 Å². The highest BCUT2D eigenvalue weighted by Crippen LogP contribution is 2.26. The largest absolute Gasteiger partial charge is 0.468 e. The van der Waals surface area contributed by atoms with E-state index in [2.05, 4.69) is 24.1 Å². The topological polar surface area (TPSA) is 38.1 Å². The van der Waals surface area contributed by atoms with Gasteiger partial charge in [0.25, 0.3) is 0 Å². The van der Waals surface area contributed by atoms with Crippen LogP contribution in [-0.2, 0) is 12.1 Å². The lowest BCUT2D eigenvalue weighted by atomic mass is 10.00. The number of aromatic nitrogens is 1. The average molecular weight is 236 g/mol. The summed E-state index contributed by atoms with van der Waals surface area (Å²) in [6.07, 6.45) is 4.55. The van der Waals surface area contributed by atoms with Gasteiger partial charge in [-0.05, 0) is 25.5 Å². The molecule has 2 rings (SSSR count). The third-order valence-electron chi connectivity index (χ3n) is 2.84. The Morgan fingerprint density at radius 3 is 3.00 bits per heavy atom. The fourth-order valence-electron chi connectivity index (χ4n) is 1.54. The molecule has 4 heteroatoms. The Bertz CT molecular complexity index is 410. The monoisotopic (exact) mass is 236 g/mol. The zero-order chi connectivity index (χ0) is 11.4. The van der Waals surface area contributed by atoms with Crippen LogP contribution in [0, 0.1) is 0 Å². The maximum absolute atomic E-state index is 5.31. The summed E-state index contributed by atoms with van der Waals surface area (Å²) < 4.78 is 5.31. The van der Waals surface area contributed by atoms with Gasteiger partial charge in [-0.2, -0.15) is 0 Å². The van der Waals surface area contributed by atoms with Crippen LogP contribution in [-0.4, -0.2) is 4.98 Å². The van der Waals surface area contributed by atoms with E-state index in [1.54, 1.807) is 17.6 Å². The molecule has 0 aromatic carbocycles. The van der Waals surface area contributed by atoms with Crippen LogP contribution < -0.4 is 5.32 Å². The molecule has 1 unspecified atom stereocenters. The number of hydrogen-bond acceptors (Lipinski definition) is 4. The molecular weight excluding hydrogens is 220 g/mol. The van der Waals surface area contributed by atoms with E-state index in [1.165, 1.54) is 0 Å². The van der Waals surface area contributed by atoms with Gasteiger partial charge in [0.05, 0.1) is 18.3 Å². The molecule has 0 saturated heterocycles. The van der Waals surface area contributed by atoms with Crippen LogP contribution in [0.5, 0.6) is 0 Å². The van der Waals surface area contributed by atoms with E-state index in [4.69, 9.17) is 4.42 Å². The van der Waals surface area contributed by atoms with Crippen molar-refractivity contribution in [1.82, 2.24) is 10.3 Å². The Morgan fingerprint density at radius 2 is 2.44 bits per heavy atom. The molecule has 3 nitrogen and oxygen atoms in total. The second-order valence-corrected chi connectivity index (χ2v) is 4.85. The van der Waals surface area contributed by atoms with Crippen molar-refractivity contribution in [2.24, 2.45) is 0 Å². The first kappa shape index (κ1) is 11.4. The molecule has 16 heavy (non-hydrogen) atoms. The smallest absolute Gasteiger partial charge is 0.117 e. The Kier molecular flexibility index (Phi) is 3.41. The molecule has 0 aliphatic rings. The minimum absolute atomic E-state index is 0.0685. The van der Waals surface area contributed by atoms with Crippen LogP contribution in [0.15, 0.2) is 34.4 Å². The highest BCUT2D eigenvalue weighted by molar-refractivity contribution is 7.09. The second-order valence-electron chi connectivity index (χ2n) is 3.96. The molecule has 2 aromatic heterocycles. The van der Waals surface area contributed by atoms with Crippen molar-refractivity contribution in [3.8, 4) is 0 Å². The van der Waals surface area contributed by atoms with E-state index in [0.29, 0.717) is 0 Å². The van der Waals surface area contributed by atoms with Crippen LogP contribution in [0.25, 0.3) is 0 Å². The SMILES string of the molecule is CCC(C)(NCc1ccco1)c1nccs1. The Hall–Kier alpha value is -1.13. The standard InChI is InChI=1S/C12H16N2OS/c1-3-12(2,11-13-6-8-16-11)14-9-10-5-4-7-15-10/h4-8,14H,3,9H2,1-2H3. The molecule has 0 fully saturated rings. The molecule has 0 bridgehead atoms. The van der Waals surface area contributed by atoms with Crippen molar-refractivity contribution in [3.05, 3.63) is 40.7 Å². The minimum Gasteiger partial charge on any atom is -0.468 e. The Balaban J connectivity index is 2.05. The van der Waals surface area contributed by atoms with Crippen molar-refractivity contribution in [1.29, 1.82) is 0 Å². The van der Waals surface area contributed by atoms with E-state index in [-0.39, 0.29) is 5.54 Å². The van der Waals surface area contributed by atoms with Gasteiger partial charge in [-0.3, -0.25) is 5.32 Å². The molecule has 2 aromatic rings. The van der Waals surface area contributed by atoms with Crippen molar-refractivity contribution in [2.75, 3.05) is 0 Å². The van der Waals surface area contributed by atoms with E-state index in [0.717, 1.165) is 23.7 Å². The zero-order valence-corrected chi connectivity index (χ0v) is 10.4. The molecule has 0 aliphatic carbocycles. The fraction of sp³-hybridized carbons (Fsp3) is 0.417. The van der Waals surface area contributed by atoms with Gasteiger partial charge in [0, 0.05) is 11.6 Å². The molecule has 0 radical (unpaired) electrons. The lowest BCUT2D eigenvalue weighted by Crippen LogP contribution is -2.38. The maximum atomic E-state index is 5.31. The molecule has 0 amide bonds. The Labute approximate surface area is 99.5 Å². The number of thiazole rings is 1. The summed E-state index contributed by atoms with van der Waals surface area (Å²) in [4.78, 5) is 4.38. The molecular formula is C12H16N2OS. The third-order valence-corrected chi connectivity index (χ3v) is 3.88. The van der Waals surface area contributed by atoms with E-state index >= 15 is 0 Å². The maximum Gasteiger partial charge on any atom is 0.117 e. The van der Waals surface area contributed by atoms with Gasteiger partial charge >= 0.3 is 0 Å². The number of hydrogen-bond donors (Lipinski definition) is 1. The zero-order valence-electron chi connectivity index (χ0n) is 9.56. The molecule has 2 heterocycles. The predicted molar refractivity (Wildman–Crippen MR) is 65.3 cm³/mol. The normalized spacial score (nSPS) is 14.9. The van der Waals surface area contributed by atoms with Crippen molar-refractivity contribution in [3.63, 3.8) is 0 Å². The number of furan rings is 1. The van der Waals surface area contributed by atoms with Gasteiger partial charge in [0.2, 0.25) is 0 Å². The van der Waals surface area contributed by atoms with Crippen LogP contribution in [0.4, 0.5) is 0 Å². The highest BCUT2D eigenvalue weighted by Gasteiger charge is 2.26. The van der Waals surface area contributed by atoms with Gasteiger partial charge in [0.1, 0.15) is 10.8 Å². The van der Waals surface area contributed by atoms with E-state index in [1.807, 2.05) is 23.7 Å². The van der Waals surface area contributed by atoms with Gasteiger partial charge in [-0.25, -0.2) is 4.98 Å². The first-order valence-corrected chi connectivity index (χ1v) is 6.30. The van der Waals surface area contributed by atoms with Crippen LogP contribution in [0.1, 0.15) is 31.0 Å². The minimum atomic E-state index is -0.0685. The van der Waals surface area contributed by atoms with Gasteiger partial charge < -0.3 is 4.42 Å². The number of nitrogens with zero attached hydrogens (tertiary/aromatic N) is 1. The quantitative estimate of drug-likeness (QED) is 0.866. The summed E-state index contributed by atoms with van der Waals surface area (Å²) in [5.41, 5.74) is -0.0685. The van der Waals surface area contributed by atoms with Crippen molar-refractivity contribution in [2.45, 2.75) is 32.4 Å². The lowest BCUT2D eigenvalue weighted by molar-refractivity contribution is 0.330. The van der Waals surface area contributed by atoms with Crippen LogP contribution in [0.2, 0.25) is 0 Å². The molecule has 0 saturated carbocycles. The molecule has 0 aliphatic heterocycles. The van der Waals surface area contributed by atoms with Gasteiger partial charge in [-0.15, -0.1) is 11.3 Å². The fourth-order valence-corrected chi connectivity index (χ4v) is 2.39. The van der Waals surface area contributed by atoms with Crippen molar-refractivity contribution >= 4 is 11.3 Å². The summed E-state index contributed by atoms with van der Waals surface area (Å²) in [7, 11) is 0. The van der Waals surface area contributed by atoms with Crippen LogP contribution in [0.3, 0.4) is 0 Å². The second kappa shape index (κ2) is 4.80. The van der Waals surface area contributed by atoms with Crippen molar-refractivity contribution < 1.29 is 4.42 Å². The summed E-state index contributed by atoms with van der Waals surface area (Å²) in [6.45, 7) is 5.07. The first-order chi connectivity index (χ1) is 7.74. The predicted octanol–water partition coefficient (Wildman–Crippen LogP) is 3.15. The lowest BCUT2D eigenvalue weighted by Gasteiger charge is -2.27. The number of rotatable bonds is 5.